The molecular weight excluding hydrogens is 532 g/mol. The highest BCUT2D eigenvalue weighted by atomic mass is 35.5. The molecule has 0 aliphatic carbocycles. The molecule has 0 atom stereocenters. The predicted molar refractivity (Wildman–Crippen MR) is 138 cm³/mol. The third kappa shape index (κ3) is 7.58. The van der Waals surface area contributed by atoms with Gasteiger partial charge in [-0.3, -0.25) is 9.10 Å². The summed E-state index contributed by atoms with van der Waals surface area (Å²) in [7, 11) is -2.36. The Morgan fingerprint density at radius 3 is 2.53 bits per heavy atom. The van der Waals surface area contributed by atoms with Crippen LogP contribution in [0.2, 0.25) is 10.0 Å². The van der Waals surface area contributed by atoms with Crippen LogP contribution in [0.4, 0.5) is 10.1 Å². The first-order valence-corrected chi connectivity index (χ1v) is 13.0. The van der Waals surface area contributed by atoms with Gasteiger partial charge in [-0.1, -0.05) is 35.3 Å². The summed E-state index contributed by atoms with van der Waals surface area (Å²) in [5.74, 6) is -0.435. The monoisotopic (exact) mass is 553 g/mol. The number of nitrogens with one attached hydrogen (secondary N) is 1. The molecule has 0 aliphatic rings. The number of ether oxygens (including phenoxy) is 2. The zero-order valence-electron chi connectivity index (χ0n) is 19.2. The molecule has 0 unspecified atom stereocenters. The van der Waals surface area contributed by atoms with E-state index < -0.39 is 28.3 Å². The minimum Gasteiger partial charge on any atom is -0.493 e. The molecule has 190 valence electrons. The molecule has 0 fully saturated rings. The van der Waals surface area contributed by atoms with Crippen LogP contribution in [0.1, 0.15) is 11.1 Å². The van der Waals surface area contributed by atoms with Crippen molar-refractivity contribution in [3.63, 3.8) is 0 Å². The van der Waals surface area contributed by atoms with Crippen LogP contribution in [0.15, 0.2) is 65.8 Å². The average Bonchev–Trinajstić information content (AvgIpc) is 2.83. The highest BCUT2D eigenvalue weighted by Gasteiger charge is 2.21. The van der Waals surface area contributed by atoms with E-state index in [0.29, 0.717) is 27.1 Å². The van der Waals surface area contributed by atoms with Crippen molar-refractivity contribution in [2.45, 2.75) is 6.61 Å². The molecule has 36 heavy (non-hydrogen) atoms. The highest BCUT2D eigenvalue weighted by Crippen LogP contribution is 2.29. The molecule has 3 aromatic carbocycles. The summed E-state index contributed by atoms with van der Waals surface area (Å²) in [5.41, 5.74) is 3.69. The van der Waals surface area contributed by atoms with E-state index in [4.69, 9.17) is 32.7 Å². The maximum atomic E-state index is 13.5. The van der Waals surface area contributed by atoms with E-state index in [0.717, 1.165) is 22.2 Å². The first-order chi connectivity index (χ1) is 17.1. The lowest BCUT2D eigenvalue weighted by atomic mass is 10.2. The van der Waals surface area contributed by atoms with E-state index >= 15 is 0 Å². The van der Waals surface area contributed by atoms with E-state index in [1.807, 2.05) is 0 Å². The standard InChI is InChI=1S/C24H22Cl2FN3O5S/c1-34-23-11-16(7-9-22(23)35-15-17-6-8-20(25)21(26)10-17)13-28-29-24(31)14-30(36(2,32)33)19-5-3-4-18(27)12-19/h3-13H,14-15H2,1-2H3,(H,29,31)/b28-13-. The van der Waals surface area contributed by atoms with Gasteiger partial charge in [-0.25, -0.2) is 18.2 Å². The Morgan fingerprint density at radius 1 is 1.08 bits per heavy atom. The number of halogens is 3. The fourth-order valence-electron chi connectivity index (χ4n) is 3.05. The molecule has 8 nitrogen and oxygen atoms in total. The zero-order valence-corrected chi connectivity index (χ0v) is 21.6. The number of methoxy groups -OCH3 is 1. The molecule has 0 radical (unpaired) electrons. The third-order valence-corrected chi connectivity index (χ3v) is 6.63. The SMILES string of the molecule is COc1cc(/C=N\NC(=O)CN(c2cccc(F)c2)S(C)(=O)=O)ccc1OCc1ccc(Cl)c(Cl)c1. The number of hydrogen-bond acceptors (Lipinski definition) is 6. The van der Waals surface area contributed by atoms with Crippen molar-refractivity contribution in [3.05, 3.63) is 87.7 Å². The topological polar surface area (TPSA) is 97.3 Å². The second-order valence-corrected chi connectivity index (χ2v) is 10.2. The molecule has 0 heterocycles. The van der Waals surface area contributed by atoms with Gasteiger partial charge in [0.1, 0.15) is 19.0 Å². The molecule has 1 amide bonds. The maximum Gasteiger partial charge on any atom is 0.260 e. The van der Waals surface area contributed by atoms with E-state index in [2.05, 4.69) is 10.5 Å². The maximum absolute atomic E-state index is 13.5. The van der Waals surface area contributed by atoms with Gasteiger partial charge < -0.3 is 9.47 Å². The lowest BCUT2D eigenvalue weighted by Crippen LogP contribution is -2.39. The fourth-order valence-corrected chi connectivity index (χ4v) is 4.22. The number of rotatable bonds is 10. The van der Waals surface area contributed by atoms with E-state index in [1.54, 1.807) is 36.4 Å². The lowest BCUT2D eigenvalue weighted by Gasteiger charge is -2.21. The third-order valence-electron chi connectivity index (χ3n) is 4.75. The normalized spacial score (nSPS) is 11.4. The second kappa shape index (κ2) is 12.1. The number of hydrazone groups is 1. The Labute approximate surface area is 218 Å². The van der Waals surface area contributed by atoms with Crippen molar-refractivity contribution >= 4 is 51.0 Å². The van der Waals surface area contributed by atoms with E-state index in [9.17, 15) is 17.6 Å². The lowest BCUT2D eigenvalue weighted by molar-refractivity contribution is -0.119. The molecule has 3 rings (SSSR count). The number of nitrogens with zero attached hydrogens (tertiary/aromatic N) is 2. The van der Waals surface area contributed by atoms with Gasteiger partial charge in [0.15, 0.2) is 11.5 Å². The number of carbonyl (C=O) groups excluding carboxylic acids is 1. The van der Waals surface area contributed by atoms with E-state index in [1.165, 1.54) is 31.5 Å². The number of anilines is 1. The number of carbonyl (C=O) groups is 1. The predicted octanol–water partition coefficient (Wildman–Crippen LogP) is 4.64. The molecule has 0 spiro atoms. The van der Waals surface area contributed by atoms with Crippen LogP contribution >= 0.6 is 23.2 Å². The zero-order chi connectivity index (χ0) is 26.3. The van der Waals surface area contributed by atoms with Crippen molar-refractivity contribution in [2.75, 3.05) is 24.2 Å². The first-order valence-electron chi connectivity index (χ1n) is 10.4. The quantitative estimate of drug-likeness (QED) is 0.291. The van der Waals surface area contributed by atoms with Crippen LogP contribution in [-0.4, -0.2) is 40.4 Å². The van der Waals surface area contributed by atoms with Gasteiger partial charge in [0.2, 0.25) is 10.0 Å². The van der Waals surface area contributed by atoms with Crippen molar-refractivity contribution in [3.8, 4) is 11.5 Å². The summed E-state index contributed by atoms with van der Waals surface area (Å²) in [5, 5.41) is 4.74. The molecule has 0 aromatic heterocycles. The summed E-state index contributed by atoms with van der Waals surface area (Å²) in [6.07, 6.45) is 2.28. The van der Waals surface area contributed by atoms with Crippen molar-refractivity contribution in [1.29, 1.82) is 0 Å². The number of sulfonamides is 1. The minimum absolute atomic E-state index is 0.0258. The Morgan fingerprint density at radius 2 is 1.86 bits per heavy atom. The summed E-state index contributed by atoms with van der Waals surface area (Å²) >= 11 is 12.0. The largest absolute Gasteiger partial charge is 0.493 e. The Balaban J connectivity index is 1.63. The summed E-state index contributed by atoms with van der Waals surface area (Å²) < 4.78 is 49.7. The van der Waals surface area contributed by atoms with Gasteiger partial charge in [-0.15, -0.1) is 0 Å². The molecule has 0 bridgehead atoms. The molecule has 1 N–H and O–H groups in total. The van der Waals surface area contributed by atoms with Crippen LogP contribution < -0.4 is 19.2 Å². The first kappa shape index (κ1) is 27.3. The Hall–Kier alpha value is -3.34. The van der Waals surface area contributed by atoms with Crippen molar-refractivity contribution in [1.82, 2.24) is 5.43 Å². The molecule has 3 aromatic rings. The van der Waals surface area contributed by atoms with Crippen LogP contribution in [-0.2, 0) is 21.4 Å². The van der Waals surface area contributed by atoms with Crippen molar-refractivity contribution in [2.24, 2.45) is 5.10 Å². The summed E-state index contributed by atoms with van der Waals surface area (Å²) in [6.45, 7) is -0.344. The van der Waals surface area contributed by atoms with Gasteiger partial charge in [0.25, 0.3) is 5.91 Å². The fraction of sp³-hybridized carbons (Fsp3) is 0.167. The van der Waals surface area contributed by atoms with Gasteiger partial charge in [0, 0.05) is 0 Å². The van der Waals surface area contributed by atoms with Crippen LogP contribution in [0, 0.1) is 5.82 Å². The average molecular weight is 554 g/mol. The van der Waals surface area contributed by atoms with Crippen LogP contribution in [0.5, 0.6) is 11.5 Å². The molecule has 0 aliphatic heterocycles. The molecule has 0 saturated heterocycles. The van der Waals surface area contributed by atoms with Gasteiger partial charge >= 0.3 is 0 Å². The minimum atomic E-state index is -3.84. The van der Waals surface area contributed by atoms with Gasteiger partial charge in [0.05, 0.1) is 35.3 Å². The second-order valence-electron chi connectivity index (χ2n) is 7.49. The number of amides is 1. The van der Waals surface area contributed by atoms with Gasteiger partial charge in [-0.2, -0.15) is 5.10 Å². The Kier molecular flexibility index (Phi) is 9.14. The Bertz CT molecular complexity index is 1390. The highest BCUT2D eigenvalue weighted by molar-refractivity contribution is 7.92. The van der Waals surface area contributed by atoms with Crippen LogP contribution in [0.3, 0.4) is 0 Å². The summed E-state index contributed by atoms with van der Waals surface area (Å²) in [4.78, 5) is 12.3. The summed E-state index contributed by atoms with van der Waals surface area (Å²) in [6, 6.07) is 15.1. The molecular formula is C24H22Cl2FN3O5S. The smallest absolute Gasteiger partial charge is 0.260 e. The molecule has 0 saturated carbocycles. The molecule has 12 heteroatoms. The van der Waals surface area contributed by atoms with E-state index in [-0.39, 0.29) is 12.3 Å². The van der Waals surface area contributed by atoms with Crippen LogP contribution in [0.25, 0.3) is 0 Å². The number of benzene rings is 3. The van der Waals surface area contributed by atoms with Crippen molar-refractivity contribution < 1.29 is 27.1 Å². The van der Waals surface area contributed by atoms with Gasteiger partial charge in [-0.05, 0) is 59.7 Å². The number of hydrogen-bond donors (Lipinski definition) is 1.